The quantitative estimate of drug-likeness (QED) is 0.676. The summed E-state index contributed by atoms with van der Waals surface area (Å²) in [6.07, 6.45) is 3.18. The van der Waals surface area contributed by atoms with E-state index in [0.717, 1.165) is 5.39 Å². The highest BCUT2D eigenvalue weighted by atomic mass is 35.5. The zero-order valence-corrected chi connectivity index (χ0v) is 17.1. The molecule has 0 aliphatic rings. The van der Waals surface area contributed by atoms with Gasteiger partial charge in [0.2, 0.25) is 5.91 Å². The van der Waals surface area contributed by atoms with Gasteiger partial charge in [0, 0.05) is 30.4 Å². The first-order valence-corrected chi connectivity index (χ1v) is 9.35. The lowest BCUT2D eigenvalue weighted by Crippen LogP contribution is -2.35. The molecule has 0 saturated carbocycles. The van der Waals surface area contributed by atoms with Crippen LogP contribution < -0.4 is 5.32 Å². The first-order valence-electron chi connectivity index (χ1n) is 8.60. The number of rotatable bonds is 5. The van der Waals surface area contributed by atoms with Crippen molar-refractivity contribution in [3.8, 4) is 0 Å². The lowest BCUT2D eigenvalue weighted by Gasteiger charge is -2.17. The van der Waals surface area contributed by atoms with Gasteiger partial charge in [-0.15, -0.1) is 0 Å². The number of anilines is 1. The molecule has 2 heterocycles. The minimum atomic E-state index is -0.351. The van der Waals surface area contributed by atoms with Crippen molar-refractivity contribution >= 4 is 51.7 Å². The number of carbonyl (C=O) groups excluding carboxylic acids is 2. The lowest BCUT2D eigenvalue weighted by molar-refractivity contribution is -0.116. The average molecular weight is 420 g/mol. The Morgan fingerprint density at radius 2 is 1.93 bits per heavy atom. The van der Waals surface area contributed by atoms with Gasteiger partial charge in [-0.2, -0.15) is 5.10 Å². The number of pyridine rings is 1. The SMILES string of the molecule is CC(C)n1ncc2cc(C(=O)N(C)CC(=O)Nc3ccc(Cl)c(Cl)c3)cnc21. The molecule has 0 atom stereocenters. The van der Waals surface area contributed by atoms with Gasteiger partial charge in [0.15, 0.2) is 5.65 Å². The fourth-order valence-electron chi connectivity index (χ4n) is 2.72. The summed E-state index contributed by atoms with van der Waals surface area (Å²) in [6.45, 7) is 3.89. The van der Waals surface area contributed by atoms with E-state index < -0.39 is 0 Å². The summed E-state index contributed by atoms with van der Waals surface area (Å²) in [5.74, 6) is -0.660. The van der Waals surface area contributed by atoms with Gasteiger partial charge in [-0.1, -0.05) is 23.2 Å². The van der Waals surface area contributed by atoms with Crippen LogP contribution in [0.15, 0.2) is 36.7 Å². The molecule has 0 spiro atoms. The van der Waals surface area contributed by atoms with Crippen LogP contribution in [0.5, 0.6) is 0 Å². The molecule has 0 unspecified atom stereocenters. The number of hydrogen-bond acceptors (Lipinski definition) is 4. The third-order valence-electron chi connectivity index (χ3n) is 4.10. The number of halogens is 2. The maximum absolute atomic E-state index is 12.7. The molecule has 3 aromatic rings. The van der Waals surface area contributed by atoms with Gasteiger partial charge in [0.05, 0.1) is 28.4 Å². The fraction of sp³-hybridized carbons (Fsp3) is 0.263. The molecular formula is C19H19Cl2N5O2. The molecular weight excluding hydrogens is 401 g/mol. The second kappa shape index (κ2) is 8.16. The van der Waals surface area contributed by atoms with Crippen LogP contribution in [-0.2, 0) is 4.79 Å². The van der Waals surface area contributed by atoms with E-state index in [1.165, 1.54) is 11.1 Å². The van der Waals surface area contributed by atoms with E-state index in [2.05, 4.69) is 15.4 Å². The number of hydrogen-bond donors (Lipinski definition) is 1. The Balaban J connectivity index is 1.69. The molecule has 0 aliphatic heterocycles. The molecule has 7 nitrogen and oxygen atoms in total. The van der Waals surface area contributed by atoms with Gasteiger partial charge in [-0.25, -0.2) is 9.67 Å². The van der Waals surface area contributed by atoms with E-state index in [9.17, 15) is 9.59 Å². The first-order chi connectivity index (χ1) is 13.3. The highest BCUT2D eigenvalue weighted by Gasteiger charge is 2.17. The van der Waals surface area contributed by atoms with Crippen molar-refractivity contribution in [2.75, 3.05) is 18.9 Å². The topological polar surface area (TPSA) is 80.1 Å². The normalized spacial score (nSPS) is 11.1. The molecule has 0 saturated heterocycles. The smallest absolute Gasteiger partial charge is 0.255 e. The van der Waals surface area contributed by atoms with Crippen LogP contribution in [0.3, 0.4) is 0 Å². The maximum Gasteiger partial charge on any atom is 0.255 e. The number of amides is 2. The summed E-state index contributed by atoms with van der Waals surface area (Å²) in [7, 11) is 1.55. The van der Waals surface area contributed by atoms with Gasteiger partial charge >= 0.3 is 0 Å². The minimum absolute atomic E-state index is 0.123. The molecule has 28 heavy (non-hydrogen) atoms. The summed E-state index contributed by atoms with van der Waals surface area (Å²) in [5.41, 5.74) is 1.61. The molecule has 0 aliphatic carbocycles. The van der Waals surface area contributed by atoms with Crippen molar-refractivity contribution in [3.63, 3.8) is 0 Å². The van der Waals surface area contributed by atoms with Crippen molar-refractivity contribution in [1.29, 1.82) is 0 Å². The van der Waals surface area contributed by atoms with E-state index in [-0.39, 0.29) is 24.4 Å². The Hall–Kier alpha value is -2.64. The van der Waals surface area contributed by atoms with Gasteiger partial charge < -0.3 is 10.2 Å². The molecule has 0 bridgehead atoms. The molecule has 0 radical (unpaired) electrons. The molecule has 1 aromatic carbocycles. The Morgan fingerprint density at radius 3 is 2.61 bits per heavy atom. The minimum Gasteiger partial charge on any atom is -0.332 e. The predicted molar refractivity (Wildman–Crippen MR) is 110 cm³/mol. The number of likely N-dealkylation sites (N-methyl/N-ethyl adjacent to an activating group) is 1. The third-order valence-corrected chi connectivity index (χ3v) is 4.84. The largest absolute Gasteiger partial charge is 0.332 e. The molecule has 9 heteroatoms. The van der Waals surface area contributed by atoms with Crippen LogP contribution in [0.4, 0.5) is 5.69 Å². The van der Waals surface area contributed by atoms with Crippen molar-refractivity contribution in [2.45, 2.75) is 19.9 Å². The van der Waals surface area contributed by atoms with E-state index >= 15 is 0 Å². The Morgan fingerprint density at radius 1 is 1.18 bits per heavy atom. The molecule has 2 aromatic heterocycles. The fourth-order valence-corrected chi connectivity index (χ4v) is 3.02. The van der Waals surface area contributed by atoms with E-state index in [0.29, 0.717) is 26.9 Å². The number of nitrogens with one attached hydrogen (secondary N) is 1. The van der Waals surface area contributed by atoms with Crippen LogP contribution in [-0.4, -0.2) is 45.1 Å². The summed E-state index contributed by atoms with van der Waals surface area (Å²) in [5, 5.41) is 8.49. The van der Waals surface area contributed by atoms with Crippen LogP contribution in [0.2, 0.25) is 10.0 Å². The van der Waals surface area contributed by atoms with Crippen LogP contribution >= 0.6 is 23.2 Å². The number of aromatic nitrogens is 3. The maximum atomic E-state index is 12.7. The monoisotopic (exact) mass is 419 g/mol. The van der Waals surface area contributed by atoms with Gasteiger partial charge in [0.25, 0.3) is 5.91 Å². The summed E-state index contributed by atoms with van der Waals surface area (Å²) >= 11 is 11.8. The number of fused-ring (bicyclic) bond motifs is 1. The van der Waals surface area contributed by atoms with Crippen molar-refractivity contribution in [2.24, 2.45) is 0 Å². The first kappa shape index (κ1) is 20.1. The van der Waals surface area contributed by atoms with Crippen LogP contribution in [0, 0.1) is 0 Å². The highest BCUT2D eigenvalue weighted by molar-refractivity contribution is 6.42. The average Bonchev–Trinajstić information content (AvgIpc) is 3.07. The van der Waals surface area contributed by atoms with E-state index in [1.807, 2.05) is 13.8 Å². The van der Waals surface area contributed by atoms with Crippen LogP contribution in [0.1, 0.15) is 30.2 Å². The number of nitrogens with zero attached hydrogens (tertiary/aromatic N) is 4. The number of benzene rings is 1. The zero-order chi connectivity index (χ0) is 20.4. The molecule has 146 valence electrons. The molecule has 2 amide bonds. The second-order valence-electron chi connectivity index (χ2n) is 6.66. The highest BCUT2D eigenvalue weighted by Crippen LogP contribution is 2.25. The predicted octanol–water partition coefficient (Wildman–Crippen LogP) is 4.03. The van der Waals surface area contributed by atoms with Gasteiger partial charge in [0.1, 0.15) is 0 Å². The van der Waals surface area contributed by atoms with Crippen molar-refractivity contribution in [1.82, 2.24) is 19.7 Å². The van der Waals surface area contributed by atoms with Crippen LogP contribution in [0.25, 0.3) is 11.0 Å². The van der Waals surface area contributed by atoms with Crippen molar-refractivity contribution < 1.29 is 9.59 Å². The van der Waals surface area contributed by atoms with E-state index in [1.54, 1.807) is 42.2 Å². The Bertz CT molecular complexity index is 1050. The zero-order valence-electron chi connectivity index (χ0n) is 15.6. The summed E-state index contributed by atoms with van der Waals surface area (Å²) < 4.78 is 1.79. The Labute approximate surface area is 172 Å². The lowest BCUT2D eigenvalue weighted by atomic mass is 10.2. The van der Waals surface area contributed by atoms with Crippen molar-refractivity contribution in [3.05, 3.63) is 52.3 Å². The van der Waals surface area contributed by atoms with Gasteiger partial charge in [-0.3, -0.25) is 9.59 Å². The molecule has 1 N–H and O–H groups in total. The third kappa shape index (κ3) is 4.26. The molecule has 0 fully saturated rings. The second-order valence-corrected chi connectivity index (χ2v) is 7.47. The standard InChI is InChI=1S/C19H19Cl2N5O2/c1-11(2)26-18-12(9-23-26)6-13(8-22-18)19(28)25(3)10-17(27)24-14-4-5-15(20)16(21)7-14/h4-9,11H,10H2,1-3H3,(H,24,27). The van der Waals surface area contributed by atoms with Gasteiger partial charge in [-0.05, 0) is 38.1 Å². The number of carbonyl (C=O) groups is 2. The summed E-state index contributed by atoms with van der Waals surface area (Å²) in [4.78, 5) is 30.6. The summed E-state index contributed by atoms with van der Waals surface area (Å²) in [6, 6.07) is 6.67. The van der Waals surface area contributed by atoms with E-state index in [4.69, 9.17) is 23.2 Å². The Kier molecular flexibility index (Phi) is 5.86. The molecule has 3 rings (SSSR count).